The molecule has 9 nitrogen and oxygen atoms in total. The zero-order chi connectivity index (χ0) is 34.5. The van der Waals surface area contributed by atoms with E-state index < -0.39 is 29.1 Å². The van der Waals surface area contributed by atoms with Crippen LogP contribution in [0, 0.1) is 17.8 Å². The van der Waals surface area contributed by atoms with Crippen LogP contribution in [0.4, 0.5) is 5.69 Å². The Bertz CT molecular complexity index is 1460. The predicted molar refractivity (Wildman–Crippen MR) is 186 cm³/mol. The first kappa shape index (κ1) is 35.4. The summed E-state index contributed by atoms with van der Waals surface area (Å²) in [5, 5.41) is 9.29. The molecule has 5 rings (SSSR count). The number of carbonyl (C=O) groups is 3. The third kappa shape index (κ3) is 6.42. The van der Waals surface area contributed by atoms with Crippen molar-refractivity contribution in [2.75, 3.05) is 37.7 Å². The van der Waals surface area contributed by atoms with Crippen LogP contribution in [-0.2, 0) is 25.7 Å². The molecule has 3 amide bonds. The Hall–Kier alpha value is -3.95. The number of nitrogens with zero attached hydrogens (tertiary/aromatic N) is 3. The number of aliphatic hydroxyl groups excluding tert-OH is 1. The summed E-state index contributed by atoms with van der Waals surface area (Å²) in [7, 11) is 0. The molecule has 2 aromatic carbocycles. The van der Waals surface area contributed by atoms with Crippen molar-refractivity contribution in [1.82, 2.24) is 9.80 Å². The van der Waals surface area contributed by atoms with Crippen molar-refractivity contribution < 1.29 is 29.0 Å². The highest BCUT2D eigenvalue weighted by Crippen LogP contribution is 2.65. The fourth-order valence-electron chi connectivity index (χ4n) is 8.26. The van der Waals surface area contributed by atoms with Crippen LogP contribution >= 0.6 is 0 Å². The van der Waals surface area contributed by atoms with E-state index in [1.807, 2.05) is 68.4 Å². The van der Waals surface area contributed by atoms with E-state index in [9.17, 15) is 19.5 Å². The minimum atomic E-state index is -1.15. The number of unbranched alkanes of at least 4 members (excludes halogenated alkanes) is 3. The molecule has 9 heteroatoms. The molecule has 48 heavy (non-hydrogen) atoms. The van der Waals surface area contributed by atoms with Crippen LogP contribution in [0.1, 0.15) is 58.4 Å². The normalized spacial score (nSPS) is 27.1. The molecule has 0 aliphatic carbocycles. The quantitative estimate of drug-likeness (QED) is 0.181. The summed E-state index contributed by atoms with van der Waals surface area (Å²) in [5.74, 6) is -1.58. The number of amides is 3. The Labute approximate surface area is 285 Å². The zero-order valence-corrected chi connectivity index (χ0v) is 28.7. The smallest absolute Gasteiger partial charge is 0.248 e. The van der Waals surface area contributed by atoms with Gasteiger partial charge in [0, 0.05) is 38.5 Å². The number of ether oxygens (including phenoxy) is 2. The summed E-state index contributed by atoms with van der Waals surface area (Å²) in [6.07, 6.45) is 6.89. The van der Waals surface area contributed by atoms with E-state index >= 15 is 0 Å². The van der Waals surface area contributed by atoms with Crippen molar-refractivity contribution in [2.45, 2.75) is 76.7 Å². The van der Waals surface area contributed by atoms with Gasteiger partial charge >= 0.3 is 0 Å². The van der Waals surface area contributed by atoms with Gasteiger partial charge in [-0.1, -0.05) is 62.2 Å². The Balaban J connectivity index is 1.54. The van der Waals surface area contributed by atoms with Crippen LogP contribution in [0.5, 0.6) is 5.75 Å². The molecule has 2 bridgehead atoms. The van der Waals surface area contributed by atoms with Crippen molar-refractivity contribution >= 4 is 23.4 Å². The highest BCUT2D eigenvalue weighted by atomic mass is 16.5. The topological polar surface area (TPSA) is 99.6 Å². The van der Waals surface area contributed by atoms with E-state index in [4.69, 9.17) is 9.47 Å². The standard InChI is InChI=1S/C39H51N3O6/c1-6-22-40(27-29-16-12-11-13-17-29)37(46)34-39-26-28(4)38(5,48-39)32(33(39)36(45)42(34)24-14-9-10-15-25-43)35(44)41(23-7-2)30-18-20-31(21-19-30)47-8-3/h6-7,11-13,16-21,28,32-34,43H,1-2,8-10,14-15,22-27H2,3-5H3/t28?,32-,33+,34?,38+,39?/m1/s1. The number of anilines is 1. The SMILES string of the molecule is C=CCN(Cc1ccccc1)C(=O)C1N(CCCCCCO)C(=O)[C@@H]2[C@H](C(=O)N(CC=C)c3ccc(OCC)cc3)[C@@]3(C)OC12CC3C. The number of hydrogen-bond acceptors (Lipinski definition) is 6. The van der Waals surface area contributed by atoms with Gasteiger partial charge in [-0.2, -0.15) is 0 Å². The lowest BCUT2D eigenvalue weighted by Gasteiger charge is -2.39. The minimum Gasteiger partial charge on any atom is -0.494 e. The summed E-state index contributed by atoms with van der Waals surface area (Å²) in [6.45, 7) is 15.7. The molecule has 258 valence electrons. The van der Waals surface area contributed by atoms with Gasteiger partial charge in [-0.15, -0.1) is 13.2 Å². The fraction of sp³-hybridized carbons (Fsp3) is 0.513. The van der Waals surface area contributed by atoms with Crippen molar-refractivity contribution in [3.63, 3.8) is 0 Å². The molecular weight excluding hydrogens is 606 g/mol. The molecule has 3 unspecified atom stereocenters. The third-order valence-corrected chi connectivity index (χ3v) is 10.5. The first-order chi connectivity index (χ1) is 23.2. The number of fused-ring (bicyclic) bond motifs is 1. The van der Waals surface area contributed by atoms with Gasteiger partial charge in [0.25, 0.3) is 0 Å². The summed E-state index contributed by atoms with van der Waals surface area (Å²) in [6, 6.07) is 16.3. The van der Waals surface area contributed by atoms with Crippen LogP contribution in [-0.4, -0.2) is 82.7 Å². The van der Waals surface area contributed by atoms with Crippen molar-refractivity contribution in [3.8, 4) is 5.75 Å². The second kappa shape index (κ2) is 15.1. The van der Waals surface area contributed by atoms with E-state index in [2.05, 4.69) is 20.1 Å². The molecule has 2 aromatic rings. The maximum absolute atomic E-state index is 14.8. The Morgan fingerprint density at radius 2 is 1.71 bits per heavy atom. The van der Waals surface area contributed by atoms with Crippen molar-refractivity contribution in [1.29, 1.82) is 0 Å². The monoisotopic (exact) mass is 657 g/mol. The fourth-order valence-corrected chi connectivity index (χ4v) is 8.26. The molecule has 3 aliphatic heterocycles. The van der Waals surface area contributed by atoms with Crippen LogP contribution in [0.15, 0.2) is 79.9 Å². The summed E-state index contributed by atoms with van der Waals surface area (Å²) in [5.41, 5.74) is -0.448. The number of aliphatic hydroxyl groups is 1. The van der Waals surface area contributed by atoms with E-state index in [0.717, 1.165) is 18.4 Å². The molecule has 0 saturated carbocycles. The van der Waals surface area contributed by atoms with Crippen molar-refractivity contribution in [3.05, 3.63) is 85.5 Å². The minimum absolute atomic E-state index is 0.0804. The average Bonchev–Trinajstić information content (AvgIpc) is 3.60. The van der Waals surface area contributed by atoms with Gasteiger partial charge in [0.05, 0.1) is 24.0 Å². The second-order valence-corrected chi connectivity index (χ2v) is 13.5. The third-order valence-electron chi connectivity index (χ3n) is 10.5. The molecule has 0 radical (unpaired) electrons. The van der Waals surface area contributed by atoms with E-state index in [-0.39, 0.29) is 36.8 Å². The molecule has 3 fully saturated rings. The highest BCUT2D eigenvalue weighted by molar-refractivity contribution is 6.03. The van der Waals surface area contributed by atoms with Crippen molar-refractivity contribution in [2.24, 2.45) is 17.8 Å². The molecule has 3 saturated heterocycles. The number of hydrogen-bond donors (Lipinski definition) is 1. The summed E-state index contributed by atoms with van der Waals surface area (Å²) >= 11 is 0. The molecule has 6 atom stereocenters. The number of benzene rings is 2. The van der Waals surface area contributed by atoms with Gasteiger partial charge in [0.2, 0.25) is 17.7 Å². The van der Waals surface area contributed by atoms with E-state index in [1.165, 1.54) is 0 Å². The lowest BCUT2D eigenvalue weighted by Crippen LogP contribution is -2.57. The number of rotatable bonds is 17. The largest absolute Gasteiger partial charge is 0.494 e. The second-order valence-electron chi connectivity index (χ2n) is 13.5. The average molecular weight is 658 g/mol. The van der Waals surface area contributed by atoms with Crippen LogP contribution in [0.2, 0.25) is 0 Å². The Kier molecular flexibility index (Phi) is 11.1. The van der Waals surface area contributed by atoms with Gasteiger partial charge < -0.3 is 29.3 Å². The maximum Gasteiger partial charge on any atom is 0.248 e. The Morgan fingerprint density at radius 3 is 2.35 bits per heavy atom. The van der Waals surface area contributed by atoms with E-state index in [1.54, 1.807) is 26.9 Å². The Morgan fingerprint density at radius 1 is 1.02 bits per heavy atom. The highest BCUT2D eigenvalue weighted by Gasteiger charge is 2.80. The van der Waals surface area contributed by atoms with Gasteiger partial charge in [0.1, 0.15) is 17.4 Å². The summed E-state index contributed by atoms with van der Waals surface area (Å²) in [4.78, 5) is 49.5. The molecule has 1 spiro atoms. The van der Waals surface area contributed by atoms with Crippen LogP contribution in [0.3, 0.4) is 0 Å². The summed E-state index contributed by atoms with van der Waals surface area (Å²) < 4.78 is 12.7. The van der Waals surface area contributed by atoms with E-state index in [0.29, 0.717) is 56.9 Å². The number of likely N-dealkylation sites (tertiary alicyclic amines) is 1. The molecule has 3 heterocycles. The van der Waals surface area contributed by atoms with Gasteiger partial charge in [0.15, 0.2) is 0 Å². The first-order valence-corrected chi connectivity index (χ1v) is 17.4. The lowest BCUT2D eigenvalue weighted by molar-refractivity contribution is -0.152. The molecule has 1 N–H and O–H groups in total. The van der Waals surface area contributed by atoms with Gasteiger partial charge in [-0.25, -0.2) is 0 Å². The molecule has 0 aromatic heterocycles. The number of carbonyl (C=O) groups excluding carboxylic acids is 3. The lowest BCUT2D eigenvalue weighted by atomic mass is 9.62. The van der Waals surface area contributed by atoms with Gasteiger partial charge in [-0.05, 0) is 68.9 Å². The molecular formula is C39H51N3O6. The predicted octanol–water partition coefficient (Wildman–Crippen LogP) is 5.38. The molecule has 3 aliphatic rings. The maximum atomic E-state index is 14.8. The first-order valence-electron chi connectivity index (χ1n) is 17.4. The van der Waals surface area contributed by atoms with Crippen LogP contribution in [0.25, 0.3) is 0 Å². The van der Waals surface area contributed by atoms with Crippen LogP contribution < -0.4 is 9.64 Å². The van der Waals surface area contributed by atoms with Gasteiger partial charge in [-0.3, -0.25) is 14.4 Å². The zero-order valence-electron chi connectivity index (χ0n) is 28.7.